The molecular formula is C18H15ClN2O5. The molecule has 1 aromatic carbocycles. The van der Waals surface area contributed by atoms with Crippen LogP contribution in [0, 0.1) is 5.41 Å². The highest BCUT2D eigenvalue weighted by Crippen LogP contribution is 2.31. The maximum absolute atomic E-state index is 10.8. The van der Waals surface area contributed by atoms with Crippen molar-refractivity contribution >= 4 is 35.1 Å². The topological polar surface area (TPSA) is 116 Å². The maximum atomic E-state index is 10.8. The summed E-state index contributed by atoms with van der Waals surface area (Å²) in [5, 5.41) is 25.1. The minimum atomic E-state index is -1.08. The van der Waals surface area contributed by atoms with Crippen molar-refractivity contribution in [1.29, 1.82) is 0 Å². The summed E-state index contributed by atoms with van der Waals surface area (Å²) in [5.74, 6) is -2.40. The fraction of sp³-hybridized carbons (Fsp3) is 0.167. The highest BCUT2D eigenvalue weighted by molar-refractivity contribution is 6.32. The van der Waals surface area contributed by atoms with Crippen molar-refractivity contribution in [2.75, 3.05) is 0 Å². The van der Waals surface area contributed by atoms with Crippen LogP contribution in [0.15, 0.2) is 64.4 Å². The molecule has 0 bridgehead atoms. The molecule has 3 rings (SSSR count). The molecule has 1 unspecified atom stereocenters. The number of aliphatic carboxylic acids is 2. The van der Waals surface area contributed by atoms with Crippen LogP contribution in [0.4, 0.5) is 0 Å². The summed E-state index contributed by atoms with van der Waals surface area (Å²) in [4.78, 5) is 32.1. The molecule has 1 aliphatic heterocycles. The molecule has 1 atom stereocenters. The Kier molecular flexibility index (Phi) is 5.84. The first-order chi connectivity index (χ1) is 12.2. The van der Waals surface area contributed by atoms with Crippen molar-refractivity contribution in [3.8, 4) is 0 Å². The normalized spacial score (nSPS) is 20.8. The molecule has 1 aliphatic carbocycles. The van der Waals surface area contributed by atoms with Gasteiger partial charge in [-0.1, -0.05) is 48.0 Å². The summed E-state index contributed by atoms with van der Waals surface area (Å²) in [7, 11) is 0. The number of amides is 1. The third-order valence-electron chi connectivity index (χ3n) is 3.75. The van der Waals surface area contributed by atoms with E-state index in [-0.39, 0.29) is 17.9 Å². The Labute approximate surface area is 154 Å². The van der Waals surface area contributed by atoms with Gasteiger partial charge < -0.3 is 10.2 Å². The molecular weight excluding hydrogens is 360 g/mol. The number of nitrogens with zero attached hydrogens (tertiary/aromatic N) is 2. The third-order valence-corrected chi connectivity index (χ3v) is 4.08. The summed E-state index contributed by atoms with van der Waals surface area (Å²) < 4.78 is 0. The van der Waals surface area contributed by atoms with E-state index in [1.54, 1.807) is 12.1 Å². The smallest absolute Gasteiger partial charge is 0.331 e. The lowest BCUT2D eigenvalue weighted by molar-refractivity contribution is -0.145. The number of azo groups is 1. The number of hydrogen-bond acceptors (Lipinski definition) is 4. The van der Waals surface area contributed by atoms with Gasteiger partial charge in [-0.15, -0.1) is 10.2 Å². The molecule has 0 saturated carbocycles. The van der Waals surface area contributed by atoms with Gasteiger partial charge in [0.1, 0.15) is 5.70 Å². The first-order valence-electron chi connectivity index (χ1n) is 7.50. The van der Waals surface area contributed by atoms with Crippen LogP contribution in [0.2, 0.25) is 5.02 Å². The predicted molar refractivity (Wildman–Crippen MR) is 94.5 cm³/mol. The molecule has 8 heteroatoms. The van der Waals surface area contributed by atoms with E-state index in [2.05, 4.69) is 10.2 Å². The number of carbonyl (C=O) groups excluding carboxylic acids is 1. The summed E-state index contributed by atoms with van der Waals surface area (Å²) >= 11 is 5.90. The molecule has 0 spiro atoms. The fourth-order valence-electron chi connectivity index (χ4n) is 2.26. The van der Waals surface area contributed by atoms with Crippen LogP contribution in [-0.4, -0.2) is 28.1 Å². The lowest BCUT2D eigenvalue weighted by Crippen LogP contribution is -2.28. The van der Waals surface area contributed by atoms with E-state index in [0.717, 1.165) is 5.56 Å². The highest BCUT2D eigenvalue weighted by atomic mass is 35.5. The number of carboxylic acids is 2. The highest BCUT2D eigenvalue weighted by Gasteiger charge is 2.34. The number of carboxylic acid groups (broad SMARTS) is 2. The van der Waals surface area contributed by atoms with Gasteiger partial charge in [-0.05, 0) is 19.4 Å². The van der Waals surface area contributed by atoms with Crippen LogP contribution in [0.3, 0.4) is 0 Å². The average Bonchev–Trinajstić information content (AvgIpc) is 3.02. The number of halogens is 1. The van der Waals surface area contributed by atoms with E-state index >= 15 is 0 Å². The molecule has 0 fully saturated rings. The lowest BCUT2D eigenvalue weighted by atomic mass is 9.80. The number of rotatable bonds is 3. The van der Waals surface area contributed by atoms with Gasteiger partial charge in [-0.3, -0.25) is 9.59 Å². The van der Waals surface area contributed by atoms with Gasteiger partial charge in [0, 0.05) is 17.2 Å². The molecule has 26 heavy (non-hydrogen) atoms. The first-order valence-corrected chi connectivity index (χ1v) is 7.88. The van der Waals surface area contributed by atoms with E-state index in [1.165, 1.54) is 31.2 Å². The van der Waals surface area contributed by atoms with Crippen LogP contribution < -0.4 is 0 Å². The molecule has 2 N–H and O–H groups in total. The van der Waals surface area contributed by atoms with Crippen LogP contribution in [0.5, 0.6) is 0 Å². The van der Waals surface area contributed by atoms with Crippen molar-refractivity contribution in [2.24, 2.45) is 15.6 Å². The van der Waals surface area contributed by atoms with Gasteiger partial charge in [0.2, 0.25) is 0 Å². The fourth-order valence-corrected chi connectivity index (χ4v) is 2.49. The standard InChI is InChI=1S/C9H5ClN2O.C9H10O4/c10-7-4-2-1-3-6(7)8-5-9(13)12-11-8;1-9(8(12)13)4-2-3-6(5-9)7(10)11/h1-5H;2-4H,5H2,1H3,(H,10,11)(H,12,13). The number of carbonyl (C=O) groups is 3. The quantitative estimate of drug-likeness (QED) is 0.836. The minimum Gasteiger partial charge on any atom is -0.481 e. The first kappa shape index (κ1) is 19.3. The van der Waals surface area contributed by atoms with E-state index in [1.807, 2.05) is 12.1 Å². The largest absolute Gasteiger partial charge is 0.481 e. The Balaban J connectivity index is 0.000000187. The summed E-state index contributed by atoms with van der Waals surface area (Å²) in [6, 6.07) is 7.20. The second-order valence-corrected chi connectivity index (χ2v) is 6.21. The molecule has 2 aliphatic rings. The maximum Gasteiger partial charge on any atom is 0.331 e. The van der Waals surface area contributed by atoms with E-state index in [9.17, 15) is 14.4 Å². The Morgan fingerprint density at radius 1 is 1.19 bits per heavy atom. The van der Waals surface area contributed by atoms with Crippen LogP contribution >= 0.6 is 11.6 Å². The van der Waals surface area contributed by atoms with Crippen molar-refractivity contribution in [3.63, 3.8) is 0 Å². The Hall–Kier alpha value is -3.06. The Morgan fingerprint density at radius 3 is 2.42 bits per heavy atom. The van der Waals surface area contributed by atoms with Crippen molar-refractivity contribution in [3.05, 3.63) is 64.7 Å². The number of benzene rings is 1. The zero-order chi connectivity index (χ0) is 19.3. The van der Waals surface area contributed by atoms with E-state index in [4.69, 9.17) is 21.8 Å². The minimum absolute atomic E-state index is 0.0359. The average molecular weight is 375 g/mol. The predicted octanol–water partition coefficient (Wildman–Crippen LogP) is 3.72. The van der Waals surface area contributed by atoms with Crippen molar-refractivity contribution < 1.29 is 24.6 Å². The Bertz CT molecular complexity index is 885. The third kappa shape index (κ3) is 4.52. The molecule has 134 valence electrons. The zero-order valence-electron chi connectivity index (χ0n) is 13.7. The van der Waals surface area contributed by atoms with Gasteiger partial charge in [-0.2, -0.15) is 0 Å². The van der Waals surface area contributed by atoms with Gasteiger partial charge in [0.25, 0.3) is 5.91 Å². The SMILES string of the molecule is CC1(C(=O)O)C=CC=C(C(=O)O)C1.O=C1C=C(c2ccccc2Cl)N=N1. The van der Waals surface area contributed by atoms with Crippen LogP contribution in [0.1, 0.15) is 18.9 Å². The van der Waals surface area contributed by atoms with Crippen molar-refractivity contribution in [2.45, 2.75) is 13.3 Å². The molecule has 7 nitrogen and oxygen atoms in total. The van der Waals surface area contributed by atoms with Crippen molar-refractivity contribution in [1.82, 2.24) is 0 Å². The van der Waals surface area contributed by atoms with Crippen LogP contribution in [0.25, 0.3) is 5.70 Å². The molecule has 0 saturated heterocycles. The zero-order valence-corrected chi connectivity index (χ0v) is 14.5. The van der Waals surface area contributed by atoms with Gasteiger partial charge in [0.05, 0.1) is 10.4 Å². The molecule has 0 radical (unpaired) electrons. The van der Waals surface area contributed by atoms with E-state index < -0.39 is 17.4 Å². The number of hydrogen-bond donors (Lipinski definition) is 2. The lowest BCUT2D eigenvalue weighted by Gasteiger charge is -2.23. The monoisotopic (exact) mass is 374 g/mol. The Morgan fingerprint density at radius 2 is 1.88 bits per heavy atom. The van der Waals surface area contributed by atoms with Gasteiger partial charge >= 0.3 is 11.9 Å². The van der Waals surface area contributed by atoms with E-state index in [0.29, 0.717) is 10.7 Å². The molecule has 0 aromatic heterocycles. The summed E-state index contributed by atoms with van der Waals surface area (Å²) in [5.41, 5.74) is 0.310. The summed E-state index contributed by atoms with van der Waals surface area (Å²) in [6.07, 6.45) is 5.80. The van der Waals surface area contributed by atoms with Gasteiger partial charge in [0.15, 0.2) is 0 Å². The second-order valence-electron chi connectivity index (χ2n) is 5.80. The second kappa shape index (κ2) is 7.88. The number of allylic oxidation sites excluding steroid dienone is 2. The van der Waals surface area contributed by atoms with Gasteiger partial charge in [-0.25, -0.2) is 4.79 Å². The molecule has 1 aromatic rings. The van der Waals surface area contributed by atoms with Crippen LogP contribution in [-0.2, 0) is 14.4 Å². The molecule has 1 heterocycles. The molecule has 1 amide bonds. The summed E-state index contributed by atoms with van der Waals surface area (Å²) in [6.45, 7) is 1.50.